The SMILES string of the molecule is C#CCCN1CCCCC(C)C1. The summed E-state index contributed by atoms with van der Waals surface area (Å²) in [6.45, 7) is 5.95. The van der Waals surface area contributed by atoms with E-state index in [1.807, 2.05) is 0 Å². The molecule has 0 aliphatic carbocycles. The van der Waals surface area contributed by atoms with Crippen LogP contribution in [0.15, 0.2) is 0 Å². The maximum Gasteiger partial charge on any atom is 0.0214 e. The Labute approximate surface area is 76.1 Å². The van der Waals surface area contributed by atoms with Crippen LogP contribution in [-0.4, -0.2) is 24.5 Å². The summed E-state index contributed by atoms with van der Waals surface area (Å²) >= 11 is 0. The van der Waals surface area contributed by atoms with E-state index in [2.05, 4.69) is 17.7 Å². The summed E-state index contributed by atoms with van der Waals surface area (Å²) < 4.78 is 0. The molecule has 1 saturated heterocycles. The number of likely N-dealkylation sites (tertiary alicyclic amines) is 1. The van der Waals surface area contributed by atoms with E-state index in [9.17, 15) is 0 Å². The standard InChI is InChI=1S/C11H19N/c1-3-4-8-12-9-6-5-7-11(2)10-12/h1,11H,4-10H2,2H3. The first-order chi connectivity index (χ1) is 5.83. The average Bonchev–Trinajstić information content (AvgIpc) is 2.26. The Kier molecular flexibility index (Phi) is 4.18. The van der Waals surface area contributed by atoms with Gasteiger partial charge in [-0.3, -0.25) is 0 Å². The zero-order valence-electron chi connectivity index (χ0n) is 8.05. The van der Waals surface area contributed by atoms with Crippen LogP contribution in [0.5, 0.6) is 0 Å². The van der Waals surface area contributed by atoms with Crippen molar-refractivity contribution in [2.45, 2.75) is 32.6 Å². The number of rotatable bonds is 2. The summed E-state index contributed by atoms with van der Waals surface area (Å²) in [6, 6.07) is 0. The van der Waals surface area contributed by atoms with E-state index in [0.29, 0.717) is 0 Å². The first-order valence-corrected chi connectivity index (χ1v) is 4.98. The van der Waals surface area contributed by atoms with Crippen molar-refractivity contribution in [2.75, 3.05) is 19.6 Å². The predicted molar refractivity (Wildman–Crippen MR) is 52.9 cm³/mol. The molecule has 1 unspecified atom stereocenters. The van der Waals surface area contributed by atoms with Crippen molar-refractivity contribution < 1.29 is 0 Å². The molecular weight excluding hydrogens is 146 g/mol. The van der Waals surface area contributed by atoms with E-state index in [1.54, 1.807) is 0 Å². The van der Waals surface area contributed by atoms with Gasteiger partial charge in [0.15, 0.2) is 0 Å². The molecule has 0 radical (unpaired) electrons. The molecule has 1 heteroatoms. The Morgan fingerprint density at radius 3 is 3.08 bits per heavy atom. The monoisotopic (exact) mass is 165 g/mol. The van der Waals surface area contributed by atoms with Gasteiger partial charge < -0.3 is 4.90 Å². The highest BCUT2D eigenvalue weighted by Crippen LogP contribution is 2.15. The molecule has 1 aliphatic rings. The average molecular weight is 165 g/mol. The fourth-order valence-electron chi connectivity index (χ4n) is 1.88. The minimum atomic E-state index is 0.866. The van der Waals surface area contributed by atoms with Gasteiger partial charge in [-0.05, 0) is 25.3 Å². The lowest BCUT2D eigenvalue weighted by atomic mass is 10.1. The van der Waals surface area contributed by atoms with Gasteiger partial charge in [0.05, 0.1) is 0 Å². The summed E-state index contributed by atoms with van der Waals surface area (Å²) in [5.41, 5.74) is 0. The largest absolute Gasteiger partial charge is 0.302 e. The molecule has 1 nitrogen and oxygen atoms in total. The normalized spacial score (nSPS) is 26.2. The van der Waals surface area contributed by atoms with Crippen LogP contribution in [0.25, 0.3) is 0 Å². The molecule has 0 bridgehead atoms. The first kappa shape index (κ1) is 9.61. The molecular formula is C11H19N. The molecule has 0 amide bonds. The number of hydrogen-bond acceptors (Lipinski definition) is 1. The van der Waals surface area contributed by atoms with Crippen LogP contribution in [0, 0.1) is 18.3 Å². The third-order valence-electron chi connectivity index (χ3n) is 2.56. The van der Waals surface area contributed by atoms with Crippen molar-refractivity contribution in [3.8, 4) is 12.3 Å². The minimum absolute atomic E-state index is 0.866. The van der Waals surface area contributed by atoms with Crippen LogP contribution >= 0.6 is 0 Å². The van der Waals surface area contributed by atoms with Gasteiger partial charge in [0.1, 0.15) is 0 Å². The third kappa shape index (κ3) is 3.28. The topological polar surface area (TPSA) is 3.24 Å². The quantitative estimate of drug-likeness (QED) is 0.567. The first-order valence-electron chi connectivity index (χ1n) is 4.98. The highest BCUT2D eigenvalue weighted by atomic mass is 15.1. The fraction of sp³-hybridized carbons (Fsp3) is 0.818. The van der Waals surface area contributed by atoms with Crippen LogP contribution in [0.4, 0.5) is 0 Å². The van der Waals surface area contributed by atoms with Crippen LogP contribution in [0.1, 0.15) is 32.6 Å². The molecule has 1 fully saturated rings. The van der Waals surface area contributed by atoms with E-state index in [4.69, 9.17) is 6.42 Å². The highest BCUT2D eigenvalue weighted by Gasteiger charge is 2.13. The van der Waals surface area contributed by atoms with Crippen molar-refractivity contribution in [3.63, 3.8) is 0 Å². The number of hydrogen-bond donors (Lipinski definition) is 0. The molecule has 0 aromatic heterocycles. The number of terminal acetylenes is 1. The maximum atomic E-state index is 5.24. The Morgan fingerprint density at radius 1 is 1.50 bits per heavy atom. The lowest BCUT2D eigenvalue weighted by Gasteiger charge is -2.20. The Hall–Kier alpha value is -0.480. The third-order valence-corrected chi connectivity index (χ3v) is 2.56. The van der Waals surface area contributed by atoms with E-state index in [-0.39, 0.29) is 0 Å². The maximum absolute atomic E-state index is 5.24. The smallest absolute Gasteiger partial charge is 0.0214 e. The molecule has 1 heterocycles. The molecule has 0 aromatic carbocycles. The fourth-order valence-corrected chi connectivity index (χ4v) is 1.88. The van der Waals surface area contributed by atoms with Gasteiger partial charge in [-0.2, -0.15) is 0 Å². The lowest BCUT2D eigenvalue weighted by molar-refractivity contribution is 0.262. The molecule has 0 aromatic rings. The van der Waals surface area contributed by atoms with E-state index >= 15 is 0 Å². The van der Waals surface area contributed by atoms with Crippen molar-refractivity contribution in [3.05, 3.63) is 0 Å². The molecule has 0 N–H and O–H groups in total. The highest BCUT2D eigenvalue weighted by molar-refractivity contribution is 4.85. The van der Waals surface area contributed by atoms with Crippen LogP contribution in [0.3, 0.4) is 0 Å². The van der Waals surface area contributed by atoms with Gasteiger partial charge in [0, 0.05) is 19.5 Å². The van der Waals surface area contributed by atoms with Gasteiger partial charge in [-0.1, -0.05) is 13.3 Å². The van der Waals surface area contributed by atoms with Gasteiger partial charge in [-0.25, -0.2) is 0 Å². The van der Waals surface area contributed by atoms with Crippen molar-refractivity contribution in [1.82, 2.24) is 4.90 Å². The number of nitrogens with zero attached hydrogens (tertiary/aromatic N) is 1. The van der Waals surface area contributed by atoms with E-state index < -0.39 is 0 Å². The van der Waals surface area contributed by atoms with E-state index in [1.165, 1.54) is 32.4 Å². The lowest BCUT2D eigenvalue weighted by Crippen LogP contribution is -2.28. The van der Waals surface area contributed by atoms with Crippen molar-refractivity contribution in [2.24, 2.45) is 5.92 Å². The molecule has 1 rings (SSSR count). The van der Waals surface area contributed by atoms with E-state index in [0.717, 1.165) is 18.9 Å². The second kappa shape index (κ2) is 5.22. The minimum Gasteiger partial charge on any atom is -0.302 e. The summed E-state index contributed by atoms with van der Waals surface area (Å²) in [5.74, 6) is 3.57. The summed E-state index contributed by atoms with van der Waals surface area (Å²) in [7, 11) is 0. The summed E-state index contributed by atoms with van der Waals surface area (Å²) in [4.78, 5) is 2.51. The van der Waals surface area contributed by atoms with Crippen LogP contribution in [0.2, 0.25) is 0 Å². The molecule has 1 aliphatic heterocycles. The molecule has 0 spiro atoms. The summed E-state index contributed by atoms with van der Waals surface area (Å²) in [5, 5.41) is 0. The Bertz CT molecular complexity index is 157. The van der Waals surface area contributed by atoms with Crippen molar-refractivity contribution >= 4 is 0 Å². The second-order valence-corrected chi connectivity index (χ2v) is 3.86. The van der Waals surface area contributed by atoms with Gasteiger partial charge >= 0.3 is 0 Å². The zero-order chi connectivity index (χ0) is 8.81. The van der Waals surface area contributed by atoms with Crippen LogP contribution in [-0.2, 0) is 0 Å². The van der Waals surface area contributed by atoms with Crippen LogP contribution < -0.4 is 0 Å². The predicted octanol–water partition coefficient (Wildman–Crippen LogP) is 2.13. The van der Waals surface area contributed by atoms with Crippen molar-refractivity contribution in [1.29, 1.82) is 0 Å². The zero-order valence-corrected chi connectivity index (χ0v) is 8.05. The van der Waals surface area contributed by atoms with Gasteiger partial charge in [-0.15, -0.1) is 12.3 Å². The second-order valence-electron chi connectivity index (χ2n) is 3.86. The molecule has 12 heavy (non-hydrogen) atoms. The molecule has 68 valence electrons. The molecule has 1 atom stereocenters. The van der Waals surface area contributed by atoms with Gasteiger partial charge in [0.25, 0.3) is 0 Å². The Morgan fingerprint density at radius 2 is 2.33 bits per heavy atom. The summed E-state index contributed by atoms with van der Waals surface area (Å²) in [6.07, 6.45) is 10.3. The van der Waals surface area contributed by atoms with Gasteiger partial charge in [0.2, 0.25) is 0 Å². The molecule has 0 saturated carbocycles. The Balaban J connectivity index is 2.27.